The highest BCUT2D eigenvalue weighted by atomic mass is 16.5. The number of rotatable bonds is 4. The highest BCUT2D eigenvalue weighted by Crippen LogP contribution is 2.30. The van der Waals surface area contributed by atoms with Crippen molar-refractivity contribution in [3.05, 3.63) is 77.4 Å². The molecule has 0 spiro atoms. The van der Waals surface area contributed by atoms with Crippen LogP contribution >= 0.6 is 0 Å². The van der Waals surface area contributed by atoms with Crippen LogP contribution in [0.1, 0.15) is 40.4 Å². The van der Waals surface area contributed by atoms with Gasteiger partial charge in [0.05, 0.1) is 24.9 Å². The summed E-state index contributed by atoms with van der Waals surface area (Å²) in [5.74, 6) is 0.804. The van der Waals surface area contributed by atoms with Crippen molar-refractivity contribution in [3.63, 3.8) is 0 Å². The van der Waals surface area contributed by atoms with Gasteiger partial charge in [-0.3, -0.25) is 4.79 Å². The van der Waals surface area contributed by atoms with Crippen molar-refractivity contribution in [2.24, 2.45) is 0 Å². The Morgan fingerprint density at radius 2 is 1.87 bits per heavy atom. The average Bonchev–Trinajstić information content (AvgIpc) is 2.85. The second kappa shape index (κ2) is 8.86. The molecule has 1 aliphatic carbocycles. The van der Waals surface area contributed by atoms with Crippen LogP contribution in [0.3, 0.4) is 0 Å². The fourth-order valence-electron chi connectivity index (χ4n) is 4.41. The summed E-state index contributed by atoms with van der Waals surface area (Å²) in [4.78, 5) is 15.2. The first-order valence-corrected chi connectivity index (χ1v) is 10.9. The summed E-state index contributed by atoms with van der Waals surface area (Å²) in [6.45, 7) is 3.08. The van der Waals surface area contributed by atoms with E-state index in [1.54, 1.807) is 0 Å². The van der Waals surface area contributed by atoms with Crippen molar-refractivity contribution >= 4 is 11.7 Å². The first-order chi connectivity index (χ1) is 15.3. The fourth-order valence-corrected chi connectivity index (χ4v) is 4.41. The van der Waals surface area contributed by atoms with Crippen LogP contribution < -0.4 is 10.2 Å². The lowest BCUT2D eigenvalue weighted by atomic mass is 9.87. The number of carbonyl (C=O) groups is 1. The molecule has 3 aromatic rings. The van der Waals surface area contributed by atoms with E-state index in [-0.39, 0.29) is 11.9 Å². The normalized spacial score (nSPS) is 18.3. The number of carbonyl (C=O) groups excluding carboxylic acids is 1. The van der Waals surface area contributed by atoms with E-state index in [0.717, 1.165) is 49.4 Å². The van der Waals surface area contributed by atoms with Crippen molar-refractivity contribution in [1.82, 2.24) is 15.5 Å². The maximum Gasteiger partial charge on any atom is 0.251 e. The van der Waals surface area contributed by atoms with E-state index in [2.05, 4.69) is 38.6 Å². The molecule has 31 heavy (non-hydrogen) atoms. The van der Waals surface area contributed by atoms with Gasteiger partial charge in [-0.15, -0.1) is 10.2 Å². The van der Waals surface area contributed by atoms with Gasteiger partial charge in [-0.1, -0.05) is 36.4 Å². The molecule has 2 aromatic carbocycles. The Kier molecular flexibility index (Phi) is 5.63. The topological polar surface area (TPSA) is 67.4 Å². The van der Waals surface area contributed by atoms with Crippen molar-refractivity contribution in [2.45, 2.75) is 25.3 Å². The standard InChI is InChI=1S/C25H26N4O2/c30-25(26-23-10-4-6-18-5-1-2-9-21(18)23)20-8-3-7-19(17-20)22-11-12-24(28-27-22)29-13-15-31-16-14-29/h1-3,5,7-9,11-12,17,23H,4,6,10,13-16H2,(H,26,30). The molecular weight excluding hydrogens is 388 g/mol. The lowest BCUT2D eigenvalue weighted by Crippen LogP contribution is -2.36. The largest absolute Gasteiger partial charge is 0.378 e. The Hall–Kier alpha value is -3.25. The lowest BCUT2D eigenvalue weighted by molar-refractivity contribution is 0.0933. The van der Waals surface area contributed by atoms with E-state index in [4.69, 9.17) is 4.74 Å². The van der Waals surface area contributed by atoms with Crippen molar-refractivity contribution in [1.29, 1.82) is 0 Å². The van der Waals surface area contributed by atoms with Crippen molar-refractivity contribution in [2.75, 3.05) is 31.2 Å². The molecule has 0 radical (unpaired) electrons. The SMILES string of the molecule is O=C(NC1CCCc2ccccc21)c1cccc(-c2ccc(N3CCOCC3)nn2)c1. The molecule has 2 aliphatic rings. The van der Waals surface area contributed by atoms with E-state index in [0.29, 0.717) is 18.8 Å². The molecule has 1 fully saturated rings. The Bertz CT molecular complexity index is 1060. The molecule has 0 saturated carbocycles. The highest BCUT2D eigenvalue weighted by molar-refractivity contribution is 5.95. The number of amides is 1. The Balaban J connectivity index is 1.32. The highest BCUT2D eigenvalue weighted by Gasteiger charge is 2.22. The van der Waals surface area contributed by atoms with E-state index in [1.807, 2.05) is 42.5 Å². The number of hydrogen-bond acceptors (Lipinski definition) is 5. The molecule has 1 unspecified atom stereocenters. The van der Waals surface area contributed by atoms with Gasteiger partial charge in [0.15, 0.2) is 5.82 Å². The van der Waals surface area contributed by atoms with E-state index in [1.165, 1.54) is 11.1 Å². The molecular formula is C25H26N4O2. The third-order valence-electron chi connectivity index (χ3n) is 6.08. The molecule has 1 N–H and O–H groups in total. The van der Waals surface area contributed by atoms with Crippen LogP contribution in [0.5, 0.6) is 0 Å². The molecule has 2 heterocycles. The summed E-state index contributed by atoms with van der Waals surface area (Å²) in [6, 6.07) is 20.0. The fraction of sp³-hybridized carbons (Fsp3) is 0.320. The van der Waals surface area contributed by atoms with Gasteiger partial charge in [-0.2, -0.15) is 0 Å². The minimum atomic E-state index is -0.0542. The smallest absolute Gasteiger partial charge is 0.251 e. The minimum Gasteiger partial charge on any atom is -0.378 e. The predicted molar refractivity (Wildman–Crippen MR) is 120 cm³/mol. The maximum absolute atomic E-state index is 13.0. The number of benzene rings is 2. The van der Waals surface area contributed by atoms with Crippen LogP contribution in [0, 0.1) is 0 Å². The zero-order chi connectivity index (χ0) is 21.0. The first kappa shape index (κ1) is 19.7. The number of aryl methyl sites for hydroxylation is 1. The molecule has 6 heteroatoms. The molecule has 1 atom stereocenters. The van der Waals surface area contributed by atoms with Crippen LogP contribution in [0.2, 0.25) is 0 Å². The monoisotopic (exact) mass is 414 g/mol. The summed E-state index contributed by atoms with van der Waals surface area (Å²) < 4.78 is 5.40. The number of anilines is 1. The second-order valence-electron chi connectivity index (χ2n) is 8.07. The lowest BCUT2D eigenvalue weighted by Gasteiger charge is -2.27. The van der Waals surface area contributed by atoms with Gasteiger partial charge in [-0.05, 0) is 54.7 Å². The van der Waals surface area contributed by atoms with Gasteiger partial charge in [0, 0.05) is 24.2 Å². The number of nitrogens with one attached hydrogen (secondary N) is 1. The third kappa shape index (κ3) is 4.30. The number of nitrogens with zero attached hydrogens (tertiary/aromatic N) is 3. The Morgan fingerprint density at radius 3 is 2.71 bits per heavy atom. The molecule has 1 saturated heterocycles. The molecule has 0 bridgehead atoms. The molecule has 1 amide bonds. The van der Waals surface area contributed by atoms with E-state index >= 15 is 0 Å². The summed E-state index contributed by atoms with van der Waals surface area (Å²) in [7, 11) is 0. The quantitative estimate of drug-likeness (QED) is 0.704. The first-order valence-electron chi connectivity index (χ1n) is 10.9. The van der Waals surface area contributed by atoms with Gasteiger partial charge in [-0.25, -0.2) is 0 Å². The molecule has 1 aliphatic heterocycles. The number of aromatic nitrogens is 2. The van der Waals surface area contributed by atoms with E-state index in [9.17, 15) is 4.79 Å². The average molecular weight is 415 g/mol. The summed E-state index contributed by atoms with van der Waals surface area (Å²) in [5.41, 5.74) is 4.86. The van der Waals surface area contributed by atoms with Crippen molar-refractivity contribution < 1.29 is 9.53 Å². The van der Waals surface area contributed by atoms with Crippen LogP contribution in [0.15, 0.2) is 60.7 Å². The summed E-state index contributed by atoms with van der Waals surface area (Å²) >= 11 is 0. The van der Waals surface area contributed by atoms with Crippen LogP contribution in [0.25, 0.3) is 11.3 Å². The number of morpholine rings is 1. The summed E-state index contributed by atoms with van der Waals surface area (Å²) in [5, 5.41) is 12.0. The molecule has 5 rings (SSSR count). The Morgan fingerprint density at radius 1 is 1.00 bits per heavy atom. The van der Waals surface area contributed by atoms with Crippen molar-refractivity contribution in [3.8, 4) is 11.3 Å². The summed E-state index contributed by atoms with van der Waals surface area (Å²) in [6.07, 6.45) is 3.14. The number of fused-ring (bicyclic) bond motifs is 1. The molecule has 1 aromatic heterocycles. The second-order valence-corrected chi connectivity index (χ2v) is 8.07. The van der Waals surface area contributed by atoms with Crippen LogP contribution in [-0.2, 0) is 11.2 Å². The van der Waals surface area contributed by atoms with E-state index < -0.39 is 0 Å². The minimum absolute atomic E-state index is 0.0542. The third-order valence-corrected chi connectivity index (χ3v) is 6.08. The van der Waals surface area contributed by atoms with Crippen LogP contribution in [-0.4, -0.2) is 42.4 Å². The van der Waals surface area contributed by atoms with Gasteiger partial charge >= 0.3 is 0 Å². The maximum atomic E-state index is 13.0. The zero-order valence-corrected chi connectivity index (χ0v) is 17.5. The Labute approximate surface area is 182 Å². The van der Waals surface area contributed by atoms with Crippen LogP contribution in [0.4, 0.5) is 5.82 Å². The number of hydrogen-bond donors (Lipinski definition) is 1. The zero-order valence-electron chi connectivity index (χ0n) is 17.5. The van der Waals surface area contributed by atoms with Gasteiger partial charge in [0.1, 0.15) is 0 Å². The molecule has 158 valence electrons. The van der Waals surface area contributed by atoms with Gasteiger partial charge in [0.25, 0.3) is 5.91 Å². The van der Waals surface area contributed by atoms with Gasteiger partial charge < -0.3 is 15.0 Å². The predicted octanol–water partition coefficient (Wildman–Crippen LogP) is 3.79. The molecule has 6 nitrogen and oxygen atoms in total. The number of ether oxygens (including phenoxy) is 1. The van der Waals surface area contributed by atoms with Gasteiger partial charge in [0.2, 0.25) is 0 Å².